The molecule has 0 aromatic carbocycles. The molecule has 2 aromatic rings. The van der Waals surface area contributed by atoms with E-state index in [1.807, 2.05) is 0 Å². The molecule has 1 unspecified atom stereocenters. The Kier molecular flexibility index (Phi) is 4.59. The van der Waals surface area contributed by atoms with Gasteiger partial charge in [0.1, 0.15) is 6.33 Å². The highest BCUT2D eigenvalue weighted by molar-refractivity contribution is 5.91. The van der Waals surface area contributed by atoms with E-state index >= 15 is 0 Å². The molecule has 1 aliphatic heterocycles. The molecule has 24 heavy (non-hydrogen) atoms. The molecule has 0 spiro atoms. The summed E-state index contributed by atoms with van der Waals surface area (Å²) in [7, 11) is 0. The minimum Gasteiger partial charge on any atom is -0.459 e. The number of furan rings is 1. The zero-order valence-corrected chi connectivity index (χ0v) is 13.5. The van der Waals surface area contributed by atoms with Gasteiger partial charge in [-0.3, -0.25) is 9.59 Å². The Morgan fingerprint density at radius 1 is 1.46 bits per heavy atom. The number of aromatic nitrogens is 4. The summed E-state index contributed by atoms with van der Waals surface area (Å²) < 4.78 is 6.68. The van der Waals surface area contributed by atoms with E-state index in [9.17, 15) is 9.59 Å². The van der Waals surface area contributed by atoms with Crippen LogP contribution in [0.15, 0.2) is 29.1 Å². The highest BCUT2D eigenvalue weighted by Crippen LogP contribution is 2.30. The van der Waals surface area contributed by atoms with Crippen LogP contribution in [0.25, 0.3) is 0 Å². The van der Waals surface area contributed by atoms with Crippen LogP contribution in [0.1, 0.15) is 30.3 Å². The zero-order chi connectivity index (χ0) is 17.0. The molecule has 2 amide bonds. The maximum absolute atomic E-state index is 12.3. The molecule has 9 heteroatoms. The Balaban J connectivity index is 1.45. The summed E-state index contributed by atoms with van der Waals surface area (Å²) in [4.78, 5) is 26.0. The number of carbonyl (C=O) groups is 2. The number of tetrazole rings is 1. The molecule has 3 rings (SSSR count). The van der Waals surface area contributed by atoms with Crippen LogP contribution in [0.5, 0.6) is 0 Å². The van der Waals surface area contributed by atoms with Crippen LogP contribution in [-0.2, 0) is 11.3 Å². The minimum absolute atomic E-state index is 0.0532. The molecule has 1 atom stereocenters. The normalized spacial score (nSPS) is 20.3. The van der Waals surface area contributed by atoms with Gasteiger partial charge < -0.3 is 14.6 Å². The molecule has 2 aromatic heterocycles. The van der Waals surface area contributed by atoms with Gasteiger partial charge >= 0.3 is 0 Å². The fourth-order valence-corrected chi connectivity index (χ4v) is 2.80. The second kappa shape index (κ2) is 6.81. The number of carbonyl (C=O) groups excluding carboxylic acids is 2. The lowest BCUT2D eigenvalue weighted by Crippen LogP contribution is -2.39. The third-order valence-electron chi connectivity index (χ3n) is 4.25. The fraction of sp³-hybridized carbons (Fsp3) is 0.533. The van der Waals surface area contributed by atoms with Crippen LogP contribution in [0.4, 0.5) is 0 Å². The van der Waals surface area contributed by atoms with Gasteiger partial charge in [-0.25, -0.2) is 4.68 Å². The van der Waals surface area contributed by atoms with Crippen molar-refractivity contribution in [3.63, 3.8) is 0 Å². The van der Waals surface area contributed by atoms with Crippen LogP contribution in [-0.4, -0.2) is 56.6 Å². The van der Waals surface area contributed by atoms with Crippen LogP contribution < -0.4 is 5.32 Å². The van der Waals surface area contributed by atoms with Gasteiger partial charge in [-0.2, -0.15) is 0 Å². The molecule has 128 valence electrons. The van der Waals surface area contributed by atoms with Crippen LogP contribution >= 0.6 is 0 Å². The average molecular weight is 332 g/mol. The van der Waals surface area contributed by atoms with Gasteiger partial charge in [0, 0.05) is 31.5 Å². The highest BCUT2D eigenvalue weighted by atomic mass is 16.3. The molecule has 0 aliphatic carbocycles. The molecule has 1 N–H and O–H groups in total. The minimum atomic E-state index is -0.132. The summed E-state index contributed by atoms with van der Waals surface area (Å²) in [6.45, 7) is 4.31. The topological polar surface area (TPSA) is 106 Å². The van der Waals surface area contributed by atoms with E-state index in [1.54, 1.807) is 17.0 Å². The molecule has 1 saturated heterocycles. The maximum Gasteiger partial charge on any atom is 0.289 e. The van der Waals surface area contributed by atoms with Crippen molar-refractivity contribution in [3.05, 3.63) is 30.5 Å². The smallest absolute Gasteiger partial charge is 0.289 e. The average Bonchev–Trinajstić information content (AvgIpc) is 3.32. The summed E-state index contributed by atoms with van der Waals surface area (Å²) in [5.41, 5.74) is -0.132. The van der Waals surface area contributed by atoms with Gasteiger partial charge in [0.2, 0.25) is 5.91 Å². The molecule has 3 heterocycles. The largest absolute Gasteiger partial charge is 0.459 e. The van der Waals surface area contributed by atoms with Crippen molar-refractivity contribution in [1.29, 1.82) is 0 Å². The molecule has 0 bridgehead atoms. The first-order valence-electron chi connectivity index (χ1n) is 7.86. The van der Waals surface area contributed by atoms with Gasteiger partial charge in [0.05, 0.1) is 12.8 Å². The Morgan fingerprint density at radius 2 is 2.33 bits per heavy atom. The van der Waals surface area contributed by atoms with Gasteiger partial charge in [-0.1, -0.05) is 6.92 Å². The Bertz CT molecular complexity index is 684. The first kappa shape index (κ1) is 16.2. The lowest BCUT2D eigenvalue weighted by atomic mass is 9.90. The van der Waals surface area contributed by atoms with E-state index in [0.717, 1.165) is 6.42 Å². The molecule has 0 saturated carbocycles. The lowest BCUT2D eigenvalue weighted by Gasteiger charge is -2.24. The second-order valence-electron chi connectivity index (χ2n) is 6.36. The molecular formula is C15H20N6O3. The summed E-state index contributed by atoms with van der Waals surface area (Å²) in [5.74, 6) is 0.195. The first-order chi connectivity index (χ1) is 11.6. The number of nitrogens with one attached hydrogen (secondary N) is 1. The van der Waals surface area contributed by atoms with Gasteiger partial charge in [0.15, 0.2) is 5.76 Å². The van der Waals surface area contributed by atoms with E-state index in [1.165, 1.54) is 17.3 Å². The van der Waals surface area contributed by atoms with Crippen molar-refractivity contribution >= 4 is 11.8 Å². The van der Waals surface area contributed by atoms with Crippen molar-refractivity contribution < 1.29 is 14.0 Å². The van der Waals surface area contributed by atoms with Crippen molar-refractivity contribution in [2.75, 3.05) is 19.6 Å². The Morgan fingerprint density at radius 3 is 3.04 bits per heavy atom. The Hall–Kier alpha value is -2.71. The summed E-state index contributed by atoms with van der Waals surface area (Å²) in [6.07, 6.45) is 4.12. The predicted molar refractivity (Wildman–Crippen MR) is 82.8 cm³/mol. The first-order valence-corrected chi connectivity index (χ1v) is 7.86. The van der Waals surface area contributed by atoms with Crippen molar-refractivity contribution in [1.82, 2.24) is 30.4 Å². The van der Waals surface area contributed by atoms with Crippen LogP contribution in [0.3, 0.4) is 0 Å². The third-order valence-corrected chi connectivity index (χ3v) is 4.25. The van der Waals surface area contributed by atoms with Gasteiger partial charge in [-0.15, -0.1) is 5.10 Å². The molecule has 0 radical (unpaired) electrons. The van der Waals surface area contributed by atoms with Crippen molar-refractivity contribution in [2.24, 2.45) is 5.41 Å². The maximum atomic E-state index is 12.3. The number of rotatable bonds is 6. The fourth-order valence-electron chi connectivity index (χ4n) is 2.80. The van der Waals surface area contributed by atoms with Crippen LogP contribution in [0, 0.1) is 5.41 Å². The quantitative estimate of drug-likeness (QED) is 0.817. The van der Waals surface area contributed by atoms with Gasteiger partial charge in [-0.05, 0) is 29.0 Å². The number of amides is 2. The standard InChI is InChI=1S/C15H20N6O3/c1-15(9-16-13(22)4-6-21-11-17-18-19-21)5-7-20(10-15)14(23)12-3-2-8-24-12/h2-3,8,11H,4-7,9-10H2,1H3,(H,16,22). The SMILES string of the molecule is CC1(CNC(=O)CCn2cnnn2)CCN(C(=O)c2ccco2)C1. The number of aryl methyl sites for hydroxylation is 1. The summed E-state index contributed by atoms with van der Waals surface area (Å²) >= 11 is 0. The molecule has 1 fully saturated rings. The number of hydrogen-bond acceptors (Lipinski definition) is 6. The lowest BCUT2D eigenvalue weighted by molar-refractivity contribution is -0.121. The van der Waals surface area contributed by atoms with Gasteiger partial charge in [0.25, 0.3) is 5.91 Å². The van der Waals surface area contributed by atoms with E-state index in [0.29, 0.717) is 38.4 Å². The zero-order valence-electron chi connectivity index (χ0n) is 13.5. The Labute approximate surface area is 139 Å². The van der Waals surface area contributed by atoms with E-state index in [-0.39, 0.29) is 17.2 Å². The summed E-state index contributed by atoms with van der Waals surface area (Å²) in [6, 6.07) is 3.37. The van der Waals surface area contributed by atoms with Crippen molar-refractivity contribution in [2.45, 2.75) is 26.3 Å². The second-order valence-corrected chi connectivity index (χ2v) is 6.36. The van der Waals surface area contributed by atoms with E-state index < -0.39 is 0 Å². The number of hydrogen-bond donors (Lipinski definition) is 1. The van der Waals surface area contributed by atoms with E-state index in [4.69, 9.17) is 4.42 Å². The molecular weight excluding hydrogens is 312 g/mol. The predicted octanol–water partition coefficient (Wildman–Crippen LogP) is 0.325. The summed E-state index contributed by atoms with van der Waals surface area (Å²) in [5, 5.41) is 13.7. The van der Waals surface area contributed by atoms with Crippen molar-refractivity contribution in [3.8, 4) is 0 Å². The highest BCUT2D eigenvalue weighted by Gasteiger charge is 2.37. The van der Waals surface area contributed by atoms with E-state index in [2.05, 4.69) is 27.8 Å². The molecule has 9 nitrogen and oxygen atoms in total. The number of likely N-dealkylation sites (tertiary alicyclic amines) is 1. The third kappa shape index (κ3) is 3.79. The molecule has 1 aliphatic rings. The number of nitrogens with zero attached hydrogens (tertiary/aromatic N) is 5. The monoisotopic (exact) mass is 332 g/mol. The van der Waals surface area contributed by atoms with Crippen LogP contribution in [0.2, 0.25) is 0 Å².